The number of thioether (sulfide) groups is 1. The average Bonchev–Trinajstić information content (AvgIpc) is 2.43. The fraction of sp³-hybridized carbons (Fsp3) is 0.500. The van der Waals surface area contributed by atoms with Gasteiger partial charge in [-0.05, 0) is 26.0 Å². The van der Waals surface area contributed by atoms with E-state index in [1.54, 1.807) is 25.7 Å². The van der Waals surface area contributed by atoms with Crippen molar-refractivity contribution in [1.82, 2.24) is 10.2 Å². The predicted octanol–water partition coefficient (Wildman–Crippen LogP) is 2.11. The highest BCUT2D eigenvalue weighted by molar-refractivity contribution is 7.99. The molecule has 0 aromatic heterocycles. The van der Waals surface area contributed by atoms with Crippen LogP contribution in [0.1, 0.15) is 12.5 Å². The molecule has 0 aliphatic heterocycles. The summed E-state index contributed by atoms with van der Waals surface area (Å²) >= 11 is 1.71. The van der Waals surface area contributed by atoms with E-state index in [2.05, 4.69) is 36.5 Å². The minimum absolute atomic E-state index is 0.0258. The van der Waals surface area contributed by atoms with Crippen LogP contribution < -0.4 is 5.32 Å². The first-order chi connectivity index (χ1) is 9.04. The molecule has 1 rings (SSSR count). The van der Waals surface area contributed by atoms with Crippen molar-refractivity contribution >= 4 is 17.8 Å². The van der Waals surface area contributed by atoms with Crippen LogP contribution in [0.15, 0.2) is 29.2 Å². The summed E-state index contributed by atoms with van der Waals surface area (Å²) < 4.78 is 0. The van der Waals surface area contributed by atoms with E-state index in [9.17, 15) is 4.79 Å². The third kappa shape index (κ3) is 5.53. The molecule has 4 nitrogen and oxygen atoms in total. The number of hydrogen-bond acceptors (Lipinski definition) is 3. The number of amides is 2. The first-order valence-electron chi connectivity index (χ1n) is 6.35. The maximum absolute atomic E-state index is 11.7. The summed E-state index contributed by atoms with van der Waals surface area (Å²) in [5.41, 5.74) is 1.25. The lowest BCUT2D eigenvalue weighted by atomic mass is 10.2. The first-order valence-corrected chi connectivity index (χ1v) is 7.34. The molecule has 0 heterocycles. The van der Waals surface area contributed by atoms with E-state index in [0.717, 1.165) is 5.75 Å². The Bertz CT molecular complexity index is 395. The number of nitrogens with one attached hydrogen (secondary N) is 1. The Labute approximate surface area is 119 Å². The van der Waals surface area contributed by atoms with E-state index in [0.29, 0.717) is 6.54 Å². The van der Waals surface area contributed by atoms with E-state index < -0.39 is 0 Å². The van der Waals surface area contributed by atoms with Gasteiger partial charge in [-0.2, -0.15) is 0 Å². The second-order valence-electron chi connectivity index (χ2n) is 4.54. The number of benzene rings is 1. The van der Waals surface area contributed by atoms with E-state index >= 15 is 0 Å². The molecule has 1 aromatic carbocycles. The highest BCUT2D eigenvalue weighted by atomic mass is 32.2. The number of aryl methyl sites for hydroxylation is 1. The van der Waals surface area contributed by atoms with Crippen LogP contribution in [0.4, 0.5) is 4.79 Å². The standard InChI is InChI=1S/C14H22N2O2S/c1-11-4-6-13(7-5-11)19-9-8-15-14(18)16(3)12(2)10-17/h4-7,12,17H,8-10H2,1-3H3,(H,15,18). The van der Waals surface area contributed by atoms with E-state index in [1.807, 2.05) is 0 Å². The monoisotopic (exact) mass is 282 g/mol. The van der Waals surface area contributed by atoms with Crippen molar-refractivity contribution in [2.24, 2.45) is 0 Å². The fourth-order valence-electron chi connectivity index (χ4n) is 1.41. The molecule has 1 unspecified atom stereocenters. The molecule has 106 valence electrons. The number of aliphatic hydroxyl groups is 1. The van der Waals surface area contributed by atoms with Gasteiger partial charge in [0, 0.05) is 24.2 Å². The number of urea groups is 1. The summed E-state index contributed by atoms with van der Waals surface area (Å²) in [7, 11) is 1.68. The van der Waals surface area contributed by atoms with Crippen LogP contribution in [0.5, 0.6) is 0 Å². The van der Waals surface area contributed by atoms with E-state index in [4.69, 9.17) is 5.11 Å². The van der Waals surface area contributed by atoms with Crippen molar-refractivity contribution in [3.63, 3.8) is 0 Å². The Kier molecular flexibility index (Phi) is 6.73. The molecular formula is C14H22N2O2S. The third-order valence-corrected chi connectivity index (χ3v) is 3.93. The van der Waals surface area contributed by atoms with Gasteiger partial charge in [0.1, 0.15) is 0 Å². The molecule has 19 heavy (non-hydrogen) atoms. The summed E-state index contributed by atoms with van der Waals surface area (Å²) in [5.74, 6) is 0.830. The number of carbonyl (C=O) groups excluding carboxylic acids is 1. The van der Waals surface area contributed by atoms with Crippen molar-refractivity contribution in [2.45, 2.75) is 24.8 Å². The van der Waals surface area contributed by atoms with Gasteiger partial charge in [-0.25, -0.2) is 4.79 Å². The molecule has 0 saturated heterocycles. The summed E-state index contributed by atoms with van der Waals surface area (Å²) in [6.07, 6.45) is 0. The van der Waals surface area contributed by atoms with Crippen molar-refractivity contribution in [3.05, 3.63) is 29.8 Å². The summed E-state index contributed by atoms with van der Waals surface area (Å²) in [5, 5.41) is 11.8. The second-order valence-corrected chi connectivity index (χ2v) is 5.70. The zero-order valence-electron chi connectivity index (χ0n) is 11.7. The molecule has 0 fully saturated rings. The summed E-state index contributed by atoms with van der Waals surface area (Å²) in [6.45, 7) is 4.45. The minimum atomic E-state index is -0.162. The molecule has 1 aromatic rings. The van der Waals surface area contributed by atoms with Gasteiger partial charge in [-0.1, -0.05) is 17.7 Å². The van der Waals surface area contributed by atoms with Crippen LogP contribution in [0.3, 0.4) is 0 Å². The normalized spacial score (nSPS) is 12.0. The highest BCUT2D eigenvalue weighted by Gasteiger charge is 2.13. The summed E-state index contributed by atoms with van der Waals surface area (Å²) in [4.78, 5) is 14.4. The van der Waals surface area contributed by atoms with Gasteiger partial charge in [0.25, 0.3) is 0 Å². The number of aliphatic hydroxyl groups excluding tert-OH is 1. The lowest BCUT2D eigenvalue weighted by Crippen LogP contribution is -2.44. The Morgan fingerprint density at radius 2 is 2.05 bits per heavy atom. The van der Waals surface area contributed by atoms with Crippen LogP contribution in [0, 0.1) is 6.92 Å². The molecule has 0 aliphatic rings. The lowest BCUT2D eigenvalue weighted by molar-refractivity contribution is 0.158. The van der Waals surface area contributed by atoms with Crippen molar-refractivity contribution in [2.75, 3.05) is 26.0 Å². The van der Waals surface area contributed by atoms with Gasteiger partial charge in [0.15, 0.2) is 0 Å². The maximum atomic E-state index is 11.7. The van der Waals surface area contributed by atoms with Crippen LogP contribution in [0.2, 0.25) is 0 Å². The van der Waals surface area contributed by atoms with Crippen LogP contribution in [0.25, 0.3) is 0 Å². The Morgan fingerprint density at radius 1 is 1.42 bits per heavy atom. The SMILES string of the molecule is Cc1ccc(SCCNC(=O)N(C)C(C)CO)cc1. The van der Waals surface area contributed by atoms with Crippen molar-refractivity contribution in [3.8, 4) is 0 Å². The highest BCUT2D eigenvalue weighted by Crippen LogP contribution is 2.17. The summed E-state index contributed by atoms with van der Waals surface area (Å²) in [6, 6.07) is 8.02. The molecular weight excluding hydrogens is 260 g/mol. The quantitative estimate of drug-likeness (QED) is 0.620. The van der Waals surface area contributed by atoms with Crippen LogP contribution >= 0.6 is 11.8 Å². The molecule has 2 amide bonds. The second kappa shape index (κ2) is 8.07. The minimum Gasteiger partial charge on any atom is -0.394 e. The Balaban J connectivity index is 2.23. The van der Waals surface area contributed by atoms with Gasteiger partial charge < -0.3 is 15.3 Å². The molecule has 0 saturated carbocycles. The van der Waals surface area contributed by atoms with E-state index in [-0.39, 0.29) is 18.7 Å². The smallest absolute Gasteiger partial charge is 0.317 e. The zero-order valence-corrected chi connectivity index (χ0v) is 12.5. The Hall–Kier alpha value is -1.20. The Morgan fingerprint density at radius 3 is 2.63 bits per heavy atom. The average molecular weight is 282 g/mol. The molecule has 5 heteroatoms. The van der Waals surface area contributed by atoms with E-state index in [1.165, 1.54) is 15.4 Å². The van der Waals surface area contributed by atoms with Crippen LogP contribution in [-0.4, -0.2) is 48.0 Å². The number of hydrogen-bond donors (Lipinski definition) is 2. The molecule has 2 N–H and O–H groups in total. The third-order valence-electron chi connectivity index (χ3n) is 2.91. The van der Waals surface area contributed by atoms with Gasteiger partial charge in [-0.3, -0.25) is 0 Å². The number of rotatable bonds is 6. The largest absolute Gasteiger partial charge is 0.394 e. The van der Waals surface area contributed by atoms with Gasteiger partial charge in [0.05, 0.1) is 12.6 Å². The molecule has 0 aliphatic carbocycles. The topological polar surface area (TPSA) is 52.6 Å². The molecule has 0 bridgehead atoms. The maximum Gasteiger partial charge on any atom is 0.317 e. The lowest BCUT2D eigenvalue weighted by Gasteiger charge is -2.23. The number of likely N-dealkylation sites (N-methyl/N-ethyl adjacent to an activating group) is 1. The predicted molar refractivity (Wildman–Crippen MR) is 79.6 cm³/mol. The van der Waals surface area contributed by atoms with Gasteiger partial charge in [-0.15, -0.1) is 11.8 Å². The first kappa shape index (κ1) is 15.9. The molecule has 1 atom stereocenters. The van der Waals surface area contributed by atoms with Crippen molar-refractivity contribution in [1.29, 1.82) is 0 Å². The van der Waals surface area contributed by atoms with Gasteiger partial charge >= 0.3 is 6.03 Å². The van der Waals surface area contributed by atoms with Crippen LogP contribution in [-0.2, 0) is 0 Å². The molecule has 0 radical (unpaired) electrons. The van der Waals surface area contributed by atoms with Gasteiger partial charge in [0.2, 0.25) is 0 Å². The number of nitrogens with zero attached hydrogens (tertiary/aromatic N) is 1. The van der Waals surface area contributed by atoms with Crippen molar-refractivity contribution < 1.29 is 9.90 Å². The fourth-order valence-corrected chi connectivity index (χ4v) is 2.18. The number of carbonyl (C=O) groups is 1. The molecule has 0 spiro atoms. The zero-order chi connectivity index (χ0) is 14.3.